The van der Waals surface area contributed by atoms with Crippen molar-refractivity contribution in [3.05, 3.63) is 253 Å². The first-order valence-corrected chi connectivity index (χ1v) is 23.9. The zero-order chi connectivity index (χ0) is 45.7. The van der Waals surface area contributed by atoms with Gasteiger partial charge in [0.05, 0.1) is 22.7 Å². The summed E-state index contributed by atoms with van der Waals surface area (Å²) in [6.45, 7) is 9.44. The summed E-state index contributed by atoms with van der Waals surface area (Å²) < 4.78 is 0. The van der Waals surface area contributed by atoms with Crippen molar-refractivity contribution in [1.29, 1.82) is 0 Å². The third kappa shape index (κ3) is 5.90. The quantitative estimate of drug-likeness (QED) is 0.159. The lowest BCUT2D eigenvalue weighted by Crippen LogP contribution is -2.30. The van der Waals surface area contributed by atoms with Gasteiger partial charge in [-0.05, 0) is 136 Å². The lowest BCUT2D eigenvalue weighted by Gasteiger charge is -2.42. The van der Waals surface area contributed by atoms with Crippen LogP contribution < -0.4 is 9.80 Å². The molecule has 0 amide bonds. The van der Waals surface area contributed by atoms with Crippen molar-refractivity contribution in [2.45, 2.75) is 38.5 Å². The summed E-state index contributed by atoms with van der Waals surface area (Å²) in [4.78, 5) is 4.99. The van der Waals surface area contributed by atoms with Crippen molar-refractivity contribution in [3.8, 4) is 33.4 Å². The van der Waals surface area contributed by atoms with E-state index in [1.165, 1.54) is 111 Å². The number of para-hydroxylation sites is 4. The molecule has 2 aliphatic rings. The van der Waals surface area contributed by atoms with Gasteiger partial charge in [-0.1, -0.05) is 210 Å². The van der Waals surface area contributed by atoms with Crippen molar-refractivity contribution in [1.82, 2.24) is 0 Å². The lowest BCUT2D eigenvalue weighted by atomic mass is 9.73. The normalized spacial score (nSPS) is 14.4. The zero-order valence-electron chi connectivity index (χ0n) is 38.8. The lowest BCUT2D eigenvalue weighted by molar-refractivity contribution is 0.632. The van der Waals surface area contributed by atoms with Crippen molar-refractivity contribution in [2.75, 3.05) is 9.80 Å². The average molecular weight is 871 g/mol. The Bertz CT molecular complexity index is 3720. The number of benzene rings is 11. The maximum absolute atomic E-state index is 2.50. The topological polar surface area (TPSA) is 6.48 Å². The molecule has 13 rings (SSSR count). The molecule has 2 heteroatoms. The number of hydrogen-bond donors (Lipinski definition) is 0. The third-order valence-corrected chi connectivity index (χ3v) is 15.2. The maximum Gasteiger partial charge on any atom is 0.0502 e. The summed E-state index contributed by atoms with van der Waals surface area (Å²) in [7, 11) is 0. The Hall–Kier alpha value is -8.20. The van der Waals surface area contributed by atoms with Crippen molar-refractivity contribution in [3.63, 3.8) is 0 Å². The summed E-state index contributed by atoms with van der Waals surface area (Å²) in [6, 6.07) is 86.0. The second-order valence-corrected chi connectivity index (χ2v) is 19.6. The number of nitrogens with zero attached hydrogens (tertiary/aromatic N) is 2. The van der Waals surface area contributed by atoms with Gasteiger partial charge in [0.25, 0.3) is 0 Å². The SMILES string of the molecule is CC1(C)c2ccccc2N(c2ccc3c(-c4ccccc4-c4cccc5ccccc45)c4cc(N5c6ccccc6C(C)(C)c6ccccc65)ccc4c(-c4ccccc4)c3c2)c2ccccc21. The van der Waals surface area contributed by atoms with Gasteiger partial charge in [-0.25, -0.2) is 0 Å². The van der Waals surface area contributed by atoms with E-state index < -0.39 is 0 Å². The molecule has 0 aliphatic carbocycles. The summed E-state index contributed by atoms with van der Waals surface area (Å²) >= 11 is 0. The van der Waals surface area contributed by atoms with Crippen molar-refractivity contribution in [2.24, 2.45) is 0 Å². The molecule has 324 valence electrons. The maximum atomic E-state index is 2.50. The van der Waals surface area contributed by atoms with Crippen molar-refractivity contribution < 1.29 is 0 Å². The molecule has 0 bridgehead atoms. The molecular formula is C66H50N2. The number of fused-ring (bicyclic) bond motifs is 7. The van der Waals surface area contributed by atoms with E-state index in [9.17, 15) is 0 Å². The molecule has 0 N–H and O–H groups in total. The summed E-state index contributed by atoms with van der Waals surface area (Å²) in [5.74, 6) is 0. The molecule has 2 nitrogen and oxygen atoms in total. The largest absolute Gasteiger partial charge is 0.310 e. The fourth-order valence-corrected chi connectivity index (χ4v) is 12.0. The first kappa shape index (κ1) is 40.1. The molecule has 0 atom stereocenters. The summed E-state index contributed by atoms with van der Waals surface area (Å²) in [6.07, 6.45) is 0. The van der Waals surface area contributed by atoms with Crippen LogP contribution >= 0.6 is 0 Å². The minimum atomic E-state index is -0.164. The van der Waals surface area contributed by atoms with Crippen LogP contribution in [-0.2, 0) is 10.8 Å². The first-order valence-electron chi connectivity index (χ1n) is 23.9. The molecule has 0 aromatic heterocycles. The highest BCUT2D eigenvalue weighted by molar-refractivity contribution is 6.24. The molecule has 0 saturated carbocycles. The van der Waals surface area contributed by atoms with Crippen LogP contribution in [0, 0.1) is 0 Å². The fraction of sp³-hybridized carbons (Fsp3) is 0.0909. The Morgan fingerprint density at radius 3 is 1.22 bits per heavy atom. The Kier molecular flexibility index (Phi) is 8.95. The van der Waals surface area contributed by atoms with Crippen LogP contribution in [0.1, 0.15) is 49.9 Å². The number of rotatable bonds is 5. The molecule has 68 heavy (non-hydrogen) atoms. The molecule has 11 aromatic carbocycles. The van der Waals surface area contributed by atoms with Crippen molar-refractivity contribution >= 4 is 66.4 Å². The summed E-state index contributed by atoms with van der Waals surface area (Å²) in [5.41, 5.74) is 19.4. The summed E-state index contributed by atoms with van der Waals surface area (Å²) in [5, 5.41) is 7.33. The van der Waals surface area contributed by atoms with Crippen LogP contribution in [0.3, 0.4) is 0 Å². The van der Waals surface area contributed by atoms with Gasteiger partial charge in [0.1, 0.15) is 0 Å². The highest BCUT2D eigenvalue weighted by Crippen LogP contribution is 2.56. The Balaban J connectivity index is 1.16. The zero-order valence-corrected chi connectivity index (χ0v) is 38.8. The van der Waals surface area contributed by atoms with Crippen LogP contribution in [-0.4, -0.2) is 0 Å². The smallest absolute Gasteiger partial charge is 0.0502 e. The monoisotopic (exact) mass is 870 g/mol. The standard InChI is InChI=1S/C66H50N2/c1-65(2)55-29-12-16-33-59(55)67(60-34-17-13-30-56(60)65)45-38-40-52-53(41-45)63(44-22-6-5-7-23-44)51-39-37-46(68-61-35-18-14-31-57(61)66(3,4)58-32-15-19-36-62(58)68)42-54(51)64(52)50-27-11-10-26-49(50)48-28-20-24-43-21-8-9-25-47(43)48/h5-42H,1-4H3. The van der Waals surface area contributed by atoms with Gasteiger partial charge in [0.15, 0.2) is 0 Å². The Morgan fingerprint density at radius 2 is 0.676 bits per heavy atom. The number of hydrogen-bond acceptors (Lipinski definition) is 2. The predicted molar refractivity (Wildman–Crippen MR) is 289 cm³/mol. The third-order valence-electron chi connectivity index (χ3n) is 15.2. The van der Waals surface area contributed by atoms with Gasteiger partial charge < -0.3 is 9.80 Å². The van der Waals surface area contributed by atoms with Gasteiger partial charge in [0.2, 0.25) is 0 Å². The van der Waals surface area contributed by atoms with E-state index >= 15 is 0 Å². The Morgan fingerprint density at radius 1 is 0.279 bits per heavy atom. The van der Waals surface area contributed by atoms with Crippen LogP contribution in [0.25, 0.3) is 65.7 Å². The fourth-order valence-electron chi connectivity index (χ4n) is 12.0. The molecule has 0 spiro atoms. The van der Waals surface area contributed by atoms with Gasteiger partial charge in [-0.15, -0.1) is 0 Å². The second kappa shape index (κ2) is 15.2. The highest BCUT2D eigenvalue weighted by atomic mass is 15.2. The predicted octanol–water partition coefficient (Wildman–Crippen LogP) is 18.4. The van der Waals surface area contributed by atoms with E-state index in [2.05, 4.69) is 268 Å². The van der Waals surface area contributed by atoms with Crippen LogP contribution in [0.4, 0.5) is 34.1 Å². The van der Waals surface area contributed by atoms with E-state index in [-0.39, 0.29) is 10.8 Å². The molecular weight excluding hydrogens is 821 g/mol. The second-order valence-electron chi connectivity index (χ2n) is 19.6. The minimum Gasteiger partial charge on any atom is -0.310 e. The highest BCUT2D eigenvalue weighted by Gasteiger charge is 2.38. The van der Waals surface area contributed by atoms with Crippen LogP contribution in [0.5, 0.6) is 0 Å². The van der Waals surface area contributed by atoms with Gasteiger partial charge in [0, 0.05) is 22.2 Å². The van der Waals surface area contributed by atoms with Crippen LogP contribution in [0.15, 0.2) is 231 Å². The van der Waals surface area contributed by atoms with E-state index in [1.807, 2.05) is 0 Å². The van der Waals surface area contributed by atoms with Gasteiger partial charge in [-0.3, -0.25) is 0 Å². The first-order chi connectivity index (χ1) is 33.3. The number of anilines is 6. The molecule has 2 aliphatic heterocycles. The minimum absolute atomic E-state index is 0.159. The molecule has 0 radical (unpaired) electrons. The molecule has 0 unspecified atom stereocenters. The van der Waals surface area contributed by atoms with E-state index in [4.69, 9.17) is 0 Å². The van der Waals surface area contributed by atoms with Gasteiger partial charge >= 0.3 is 0 Å². The van der Waals surface area contributed by atoms with E-state index in [1.54, 1.807) is 0 Å². The molecule has 11 aromatic rings. The average Bonchev–Trinajstić information content (AvgIpc) is 3.38. The van der Waals surface area contributed by atoms with E-state index in [0.29, 0.717) is 0 Å². The van der Waals surface area contributed by atoms with Crippen LogP contribution in [0.2, 0.25) is 0 Å². The van der Waals surface area contributed by atoms with E-state index in [0.717, 1.165) is 11.4 Å². The molecule has 0 fully saturated rings. The van der Waals surface area contributed by atoms with Gasteiger partial charge in [-0.2, -0.15) is 0 Å². The Labute approximate surface area is 399 Å². The molecule has 2 heterocycles. The molecule has 0 saturated heterocycles.